The Morgan fingerprint density at radius 3 is 2.45 bits per heavy atom. The second kappa shape index (κ2) is 12.6. The lowest BCUT2D eigenvalue weighted by Gasteiger charge is -2.36. The van der Waals surface area contributed by atoms with E-state index < -0.39 is 12.7 Å². The standard InChI is InChI=1S/C22H32F3N5.HI/c1-26-21(27-16-20-9-11-29(17-20)18-22(23,24)25)30-14-12-28(13-15-30)10-5-8-19-6-3-2-4-7-19;/h2-8,20H,9-18H2,1H3,(H,26,27);1H/b8-5+;. The first-order chi connectivity index (χ1) is 14.4. The third-order valence-corrected chi connectivity index (χ3v) is 5.68. The van der Waals surface area contributed by atoms with Crippen molar-refractivity contribution in [2.45, 2.75) is 12.6 Å². The Morgan fingerprint density at radius 2 is 1.81 bits per heavy atom. The van der Waals surface area contributed by atoms with Crippen LogP contribution < -0.4 is 5.32 Å². The molecular formula is C22H33F3IN5. The highest BCUT2D eigenvalue weighted by atomic mass is 127. The van der Waals surface area contributed by atoms with Gasteiger partial charge in [0.15, 0.2) is 5.96 Å². The molecule has 0 spiro atoms. The molecule has 2 saturated heterocycles. The fourth-order valence-corrected chi connectivity index (χ4v) is 4.09. The number of piperazine rings is 1. The van der Waals surface area contributed by atoms with E-state index in [1.165, 1.54) is 10.5 Å². The Morgan fingerprint density at radius 1 is 1.10 bits per heavy atom. The van der Waals surface area contributed by atoms with Gasteiger partial charge in [-0.2, -0.15) is 13.2 Å². The van der Waals surface area contributed by atoms with E-state index in [0.717, 1.165) is 45.1 Å². The molecule has 1 atom stereocenters. The summed E-state index contributed by atoms with van der Waals surface area (Å²) in [5.74, 6) is 1.08. The van der Waals surface area contributed by atoms with Crippen molar-refractivity contribution in [2.75, 3.05) is 66.0 Å². The molecule has 0 saturated carbocycles. The van der Waals surface area contributed by atoms with Gasteiger partial charge >= 0.3 is 6.18 Å². The van der Waals surface area contributed by atoms with Crippen molar-refractivity contribution in [3.63, 3.8) is 0 Å². The number of hydrogen-bond donors (Lipinski definition) is 1. The van der Waals surface area contributed by atoms with Crippen molar-refractivity contribution in [3.8, 4) is 0 Å². The number of guanidine groups is 1. The molecule has 2 fully saturated rings. The molecule has 3 rings (SSSR count). The smallest absolute Gasteiger partial charge is 0.356 e. The summed E-state index contributed by atoms with van der Waals surface area (Å²) in [5.41, 5.74) is 1.21. The maximum atomic E-state index is 12.6. The number of alkyl halides is 3. The topological polar surface area (TPSA) is 34.1 Å². The van der Waals surface area contributed by atoms with Crippen molar-refractivity contribution >= 4 is 36.0 Å². The third kappa shape index (κ3) is 8.97. The molecule has 0 aliphatic carbocycles. The molecule has 5 nitrogen and oxygen atoms in total. The van der Waals surface area contributed by atoms with Crippen LogP contribution in [0.25, 0.3) is 6.08 Å². The van der Waals surface area contributed by atoms with Gasteiger partial charge in [0, 0.05) is 52.9 Å². The second-order valence-electron chi connectivity index (χ2n) is 8.03. The highest BCUT2D eigenvalue weighted by molar-refractivity contribution is 14.0. The minimum Gasteiger partial charge on any atom is -0.356 e. The van der Waals surface area contributed by atoms with E-state index >= 15 is 0 Å². The summed E-state index contributed by atoms with van der Waals surface area (Å²) in [5, 5.41) is 3.38. The average molecular weight is 551 g/mol. The zero-order valence-corrected chi connectivity index (χ0v) is 20.4. The summed E-state index contributed by atoms with van der Waals surface area (Å²) in [6.07, 6.45) is 1.03. The van der Waals surface area contributed by atoms with Gasteiger partial charge in [-0.25, -0.2) is 0 Å². The Balaban J connectivity index is 0.00000341. The van der Waals surface area contributed by atoms with E-state index in [4.69, 9.17) is 0 Å². The van der Waals surface area contributed by atoms with Gasteiger partial charge in [-0.1, -0.05) is 42.5 Å². The van der Waals surface area contributed by atoms with Crippen molar-refractivity contribution < 1.29 is 13.2 Å². The lowest BCUT2D eigenvalue weighted by atomic mass is 10.1. The van der Waals surface area contributed by atoms with Crippen molar-refractivity contribution in [1.29, 1.82) is 0 Å². The summed E-state index contributed by atoms with van der Waals surface area (Å²) in [4.78, 5) is 10.5. The number of aliphatic imine (C=N–C) groups is 1. The van der Waals surface area contributed by atoms with Gasteiger partial charge in [0.1, 0.15) is 0 Å². The van der Waals surface area contributed by atoms with Crippen LogP contribution in [0.2, 0.25) is 0 Å². The van der Waals surface area contributed by atoms with Crippen LogP contribution in [0.4, 0.5) is 13.2 Å². The molecule has 31 heavy (non-hydrogen) atoms. The van der Waals surface area contributed by atoms with Crippen LogP contribution in [-0.4, -0.2) is 92.8 Å². The van der Waals surface area contributed by atoms with Gasteiger partial charge in [0.25, 0.3) is 0 Å². The van der Waals surface area contributed by atoms with Crippen LogP contribution in [0.1, 0.15) is 12.0 Å². The Labute approximate surface area is 200 Å². The molecule has 174 valence electrons. The van der Waals surface area contributed by atoms with E-state index in [-0.39, 0.29) is 29.9 Å². The highest BCUT2D eigenvalue weighted by Crippen LogP contribution is 2.22. The maximum Gasteiger partial charge on any atom is 0.401 e. The molecule has 0 amide bonds. The van der Waals surface area contributed by atoms with E-state index in [2.05, 4.69) is 44.4 Å². The minimum atomic E-state index is -4.12. The van der Waals surface area contributed by atoms with Crippen molar-refractivity contribution in [3.05, 3.63) is 42.0 Å². The number of benzene rings is 1. The first-order valence-electron chi connectivity index (χ1n) is 10.6. The normalized spacial score (nSPS) is 21.5. The molecule has 1 aromatic carbocycles. The van der Waals surface area contributed by atoms with Gasteiger partial charge in [-0.3, -0.25) is 14.8 Å². The molecule has 2 heterocycles. The zero-order valence-electron chi connectivity index (χ0n) is 18.0. The monoisotopic (exact) mass is 551 g/mol. The van der Waals surface area contributed by atoms with Gasteiger partial charge in [0.2, 0.25) is 0 Å². The summed E-state index contributed by atoms with van der Waals surface area (Å²) in [6.45, 7) is 5.50. The Hall–Kier alpha value is -1.33. The molecule has 1 aromatic rings. The zero-order chi connectivity index (χ0) is 21.4. The molecular weight excluding hydrogens is 518 g/mol. The maximum absolute atomic E-state index is 12.6. The number of likely N-dealkylation sites (tertiary alicyclic amines) is 1. The summed E-state index contributed by atoms with van der Waals surface area (Å²) in [7, 11) is 1.77. The summed E-state index contributed by atoms with van der Waals surface area (Å²) < 4.78 is 37.7. The molecule has 9 heteroatoms. The molecule has 0 bridgehead atoms. The van der Waals surface area contributed by atoms with Gasteiger partial charge < -0.3 is 10.2 Å². The SMILES string of the molecule is CN=C(NCC1CCN(CC(F)(F)F)C1)N1CCN(C/C=C/c2ccccc2)CC1.I. The highest BCUT2D eigenvalue weighted by Gasteiger charge is 2.34. The number of halogens is 4. The Bertz CT molecular complexity index is 703. The number of nitrogens with one attached hydrogen (secondary N) is 1. The molecule has 2 aliphatic rings. The van der Waals surface area contributed by atoms with E-state index in [9.17, 15) is 13.2 Å². The third-order valence-electron chi connectivity index (χ3n) is 5.68. The van der Waals surface area contributed by atoms with Crippen LogP contribution in [0.15, 0.2) is 41.4 Å². The van der Waals surface area contributed by atoms with Gasteiger partial charge in [0.05, 0.1) is 6.54 Å². The Kier molecular flexibility index (Phi) is 10.6. The quantitative estimate of drug-likeness (QED) is 0.334. The predicted octanol–water partition coefficient (Wildman–Crippen LogP) is 3.40. The largest absolute Gasteiger partial charge is 0.401 e. The lowest BCUT2D eigenvalue weighted by molar-refractivity contribution is -0.143. The number of nitrogens with zero attached hydrogens (tertiary/aromatic N) is 4. The molecule has 0 aromatic heterocycles. The summed E-state index contributed by atoms with van der Waals surface area (Å²) >= 11 is 0. The van der Waals surface area contributed by atoms with Crippen LogP contribution >= 0.6 is 24.0 Å². The summed E-state index contributed by atoms with van der Waals surface area (Å²) in [6, 6.07) is 10.3. The van der Waals surface area contributed by atoms with Crippen molar-refractivity contribution in [1.82, 2.24) is 20.0 Å². The second-order valence-corrected chi connectivity index (χ2v) is 8.03. The molecule has 2 aliphatic heterocycles. The number of hydrogen-bond acceptors (Lipinski definition) is 3. The first-order valence-corrected chi connectivity index (χ1v) is 10.6. The van der Waals surface area contributed by atoms with E-state index in [1.807, 2.05) is 18.2 Å². The van der Waals surface area contributed by atoms with Gasteiger partial charge in [-0.15, -0.1) is 24.0 Å². The fourth-order valence-electron chi connectivity index (χ4n) is 4.09. The van der Waals surface area contributed by atoms with Gasteiger partial charge in [-0.05, 0) is 24.4 Å². The van der Waals surface area contributed by atoms with E-state index in [1.54, 1.807) is 7.05 Å². The van der Waals surface area contributed by atoms with Crippen LogP contribution in [0.3, 0.4) is 0 Å². The minimum absolute atomic E-state index is 0. The average Bonchev–Trinajstić information content (AvgIpc) is 3.16. The number of rotatable bonds is 6. The van der Waals surface area contributed by atoms with E-state index in [0.29, 0.717) is 19.6 Å². The molecule has 1 N–H and O–H groups in total. The molecule has 1 unspecified atom stereocenters. The predicted molar refractivity (Wildman–Crippen MR) is 131 cm³/mol. The molecule has 0 radical (unpaired) electrons. The lowest BCUT2D eigenvalue weighted by Crippen LogP contribution is -2.53. The van der Waals surface area contributed by atoms with Crippen LogP contribution in [0, 0.1) is 5.92 Å². The van der Waals surface area contributed by atoms with Crippen LogP contribution in [0.5, 0.6) is 0 Å². The first kappa shape index (κ1) is 25.9. The van der Waals surface area contributed by atoms with Crippen molar-refractivity contribution in [2.24, 2.45) is 10.9 Å². The fraction of sp³-hybridized carbons (Fsp3) is 0.591. The van der Waals surface area contributed by atoms with Crippen LogP contribution in [-0.2, 0) is 0 Å².